The highest BCUT2D eigenvalue weighted by Gasteiger charge is 2.37. The number of nitrogens with zero attached hydrogens (tertiary/aromatic N) is 1. The molecule has 5 nitrogen and oxygen atoms in total. The molecule has 0 aromatic heterocycles. The molecule has 6 heteroatoms. The molecule has 21 heavy (non-hydrogen) atoms. The van der Waals surface area contributed by atoms with Crippen molar-refractivity contribution in [2.75, 3.05) is 11.9 Å². The van der Waals surface area contributed by atoms with Crippen molar-refractivity contribution in [2.24, 2.45) is 0 Å². The van der Waals surface area contributed by atoms with Gasteiger partial charge in [-0.05, 0) is 32.9 Å². The molecule has 0 saturated carbocycles. The van der Waals surface area contributed by atoms with Crippen molar-refractivity contribution in [3.05, 3.63) is 29.8 Å². The number of nitrogens with one attached hydrogen (secondary N) is 1. The number of carbonyl (C=O) groups is 3. The summed E-state index contributed by atoms with van der Waals surface area (Å²) >= 11 is 1.32. The first-order chi connectivity index (χ1) is 9.88. The van der Waals surface area contributed by atoms with Gasteiger partial charge in [-0.2, -0.15) is 0 Å². The summed E-state index contributed by atoms with van der Waals surface area (Å²) < 4.78 is 0. The second-order valence-electron chi connectivity index (χ2n) is 5.10. The standard InChI is InChI=1S/C15H18N2O3S/c1-9-4-6-12(7-5-9)16-13(18)8-17-14(19)10(2)21-11(3)15(17)20/h4-7,10-11H,8H2,1-3H3,(H,16,18). The van der Waals surface area contributed by atoms with E-state index in [1.165, 1.54) is 11.8 Å². The van der Waals surface area contributed by atoms with Gasteiger partial charge in [0.05, 0.1) is 10.5 Å². The Morgan fingerprint density at radius 1 is 1.14 bits per heavy atom. The van der Waals surface area contributed by atoms with Gasteiger partial charge >= 0.3 is 0 Å². The van der Waals surface area contributed by atoms with Crippen LogP contribution in [0.4, 0.5) is 5.69 Å². The highest BCUT2D eigenvalue weighted by atomic mass is 32.2. The number of hydrogen-bond donors (Lipinski definition) is 1. The Morgan fingerprint density at radius 2 is 1.67 bits per heavy atom. The molecule has 2 rings (SSSR count). The van der Waals surface area contributed by atoms with Gasteiger partial charge in [0.15, 0.2) is 0 Å². The zero-order valence-electron chi connectivity index (χ0n) is 12.3. The lowest BCUT2D eigenvalue weighted by Gasteiger charge is -2.31. The molecule has 2 atom stereocenters. The molecule has 3 amide bonds. The highest BCUT2D eigenvalue weighted by Crippen LogP contribution is 2.26. The summed E-state index contributed by atoms with van der Waals surface area (Å²) in [6.07, 6.45) is 0. The third kappa shape index (κ3) is 3.64. The van der Waals surface area contributed by atoms with E-state index in [0.29, 0.717) is 5.69 Å². The Morgan fingerprint density at radius 3 is 2.19 bits per heavy atom. The van der Waals surface area contributed by atoms with E-state index >= 15 is 0 Å². The smallest absolute Gasteiger partial charge is 0.244 e. The summed E-state index contributed by atoms with van der Waals surface area (Å²) in [4.78, 5) is 37.1. The van der Waals surface area contributed by atoms with E-state index in [1.807, 2.05) is 19.1 Å². The number of carbonyl (C=O) groups excluding carboxylic acids is 3. The zero-order chi connectivity index (χ0) is 15.6. The van der Waals surface area contributed by atoms with Crippen LogP contribution in [-0.2, 0) is 14.4 Å². The molecule has 1 fully saturated rings. The predicted octanol–water partition coefficient (Wildman–Crippen LogP) is 1.81. The van der Waals surface area contributed by atoms with Crippen LogP contribution in [0.2, 0.25) is 0 Å². The number of aryl methyl sites for hydroxylation is 1. The molecule has 112 valence electrons. The number of hydrogen-bond acceptors (Lipinski definition) is 4. The van der Waals surface area contributed by atoms with Crippen molar-refractivity contribution < 1.29 is 14.4 Å². The average Bonchev–Trinajstić information content (AvgIpc) is 2.44. The minimum atomic E-state index is -0.369. The molecule has 1 aliphatic heterocycles. The summed E-state index contributed by atoms with van der Waals surface area (Å²) in [5.74, 6) is -0.976. The van der Waals surface area contributed by atoms with Crippen molar-refractivity contribution in [3.8, 4) is 0 Å². The normalized spacial score (nSPS) is 22.3. The molecule has 1 saturated heterocycles. The third-order valence-corrected chi connectivity index (χ3v) is 4.49. The van der Waals surface area contributed by atoms with Gasteiger partial charge in [-0.3, -0.25) is 19.3 Å². The Kier molecular flexibility index (Phi) is 4.67. The Bertz CT molecular complexity index is 551. The number of anilines is 1. The fourth-order valence-corrected chi connectivity index (χ4v) is 3.21. The van der Waals surface area contributed by atoms with Gasteiger partial charge in [0.25, 0.3) is 0 Å². The van der Waals surface area contributed by atoms with E-state index in [1.54, 1.807) is 26.0 Å². The fraction of sp³-hybridized carbons (Fsp3) is 0.400. The van der Waals surface area contributed by atoms with Crippen LogP contribution in [0.25, 0.3) is 0 Å². The molecule has 2 unspecified atom stereocenters. The predicted molar refractivity (Wildman–Crippen MR) is 83.0 cm³/mol. The highest BCUT2D eigenvalue weighted by molar-refractivity contribution is 8.02. The summed E-state index contributed by atoms with van der Waals surface area (Å²) in [5.41, 5.74) is 1.74. The second-order valence-corrected chi connectivity index (χ2v) is 6.78. The second kappa shape index (κ2) is 6.30. The average molecular weight is 306 g/mol. The molecule has 1 aliphatic rings. The molecular weight excluding hydrogens is 288 g/mol. The first-order valence-corrected chi connectivity index (χ1v) is 7.70. The fourth-order valence-electron chi connectivity index (χ4n) is 2.11. The van der Waals surface area contributed by atoms with Crippen molar-refractivity contribution in [2.45, 2.75) is 31.3 Å². The summed E-state index contributed by atoms with van der Waals surface area (Å²) in [5, 5.41) is 2.09. The van der Waals surface area contributed by atoms with Gasteiger partial charge in [-0.15, -0.1) is 11.8 Å². The largest absolute Gasteiger partial charge is 0.325 e. The van der Waals surface area contributed by atoms with E-state index in [4.69, 9.17) is 0 Å². The van der Waals surface area contributed by atoms with Crippen LogP contribution in [0.5, 0.6) is 0 Å². The van der Waals surface area contributed by atoms with E-state index < -0.39 is 0 Å². The quantitative estimate of drug-likeness (QED) is 0.865. The van der Waals surface area contributed by atoms with Crippen LogP contribution in [0, 0.1) is 6.92 Å². The van der Waals surface area contributed by atoms with Crippen LogP contribution in [0.15, 0.2) is 24.3 Å². The number of benzene rings is 1. The maximum absolute atomic E-state index is 12.0. The van der Waals surface area contributed by atoms with Crippen molar-refractivity contribution >= 4 is 35.2 Å². The SMILES string of the molecule is Cc1ccc(NC(=O)CN2C(=O)C(C)SC(C)C2=O)cc1. The van der Waals surface area contributed by atoms with Gasteiger partial charge < -0.3 is 5.32 Å². The number of amides is 3. The number of thioether (sulfide) groups is 1. The molecule has 1 aromatic carbocycles. The Balaban J connectivity index is 2.02. The minimum Gasteiger partial charge on any atom is -0.325 e. The first-order valence-electron chi connectivity index (χ1n) is 6.75. The van der Waals surface area contributed by atoms with Gasteiger partial charge in [-0.1, -0.05) is 17.7 Å². The van der Waals surface area contributed by atoms with Gasteiger partial charge in [0.1, 0.15) is 6.54 Å². The molecule has 1 N–H and O–H groups in total. The Labute approximate surface area is 128 Å². The maximum atomic E-state index is 12.0. The molecule has 0 spiro atoms. The third-order valence-electron chi connectivity index (χ3n) is 3.27. The van der Waals surface area contributed by atoms with Crippen molar-refractivity contribution in [1.82, 2.24) is 4.90 Å². The maximum Gasteiger partial charge on any atom is 0.244 e. The summed E-state index contributed by atoms with van der Waals surface area (Å²) in [7, 11) is 0. The van der Waals surface area contributed by atoms with Crippen LogP contribution in [0.1, 0.15) is 19.4 Å². The van der Waals surface area contributed by atoms with Gasteiger partial charge in [0, 0.05) is 5.69 Å². The van der Waals surface area contributed by atoms with Gasteiger partial charge in [-0.25, -0.2) is 0 Å². The number of imide groups is 1. The van der Waals surface area contributed by atoms with Crippen LogP contribution >= 0.6 is 11.8 Å². The lowest BCUT2D eigenvalue weighted by Crippen LogP contribution is -2.52. The monoisotopic (exact) mass is 306 g/mol. The van der Waals surface area contributed by atoms with Crippen molar-refractivity contribution in [1.29, 1.82) is 0 Å². The van der Waals surface area contributed by atoms with Crippen LogP contribution < -0.4 is 5.32 Å². The molecule has 0 bridgehead atoms. The molecular formula is C15H18N2O3S. The summed E-state index contributed by atoms with van der Waals surface area (Å²) in [6.45, 7) is 5.22. The van der Waals surface area contributed by atoms with Crippen LogP contribution in [-0.4, -0.2) is 39.7 Å². The molecule has 1 heterocycles. The Hall–Kier alpha value is -1.82. The lowest BCUT2D eigenvalue weighted by molar-refractivity contribution is -0.147. The van der Waals surface area contributed by atoms with E-state index in [9.17, 15) is 14.4 Å². The van der Waals surface area contributed by atoms with E-state index in [-0.39, 0.29) is 34.8 Å². The zero-order valence-corrected chi connectivity index (χ0v) is 13.1. The minimum absolute atomic E-state index is 0.235. The molecule has 0 radical (unpaired) electrons. The van der Waals surface area contributed by atoms with Crippen LogP contribution in [0.3, 0.4) is 0 Å². The topological polar surface area (TPSA) is 66.5 Å². The van der Waals surface area contributed by atoms with E-state index in [0.717, 1.165) is 10.5 Å². The van der Waals surface area contributed by atoms with Crippen molar-refractivity contribution in [3.63, 3.8) is 0 Å². The van der Waals surface area contributed by atoms with Gasteiger partial charge in [0.2, 0.25) is 17.7 Å². The van der Waals surface area contributed by atoms with E-state index in [2.05, 4.69) is 5.32 Å². The molecule has 0 aliphatic carbocycles. The lowest BCUT2D eigenvalue weighted by atomic mass is 10.2. The number of rotatable bonds is 3. The summed E-state index contributed by atoms with van der Waals surface area (Å²) in [6, 6.07) is 7.34. The molecule has 1 aromatic rings. The first kappa shape index (κ1) is 15.6.